The van der Waals surface area contributed by atoms with E-state index in [0.717, 1.165) is 17.7 Å². The van der Waals surface area contributed by atoms with Crippen molar-refractivity contribution >= 4 is 11.7 Å². The molecule has 1 aliphatic rings. The Morgan fingerprint density at radius 1 is 1.53 bits per heavy atom. The van der Waals surface area contributed by atoms with E-state index in [0.29, 0.717) is 5.57 Å². The molecule has 0 aromatic rings. The van der Waals surface area contributed by atoms with Gasteiger partial charge in [0.2, 0.25) is 5.91 Å². The fourth-order valence-corrected chi connectivity index (χ4v) is 1.66. The Morgan fingerprint density at radius 2 is 2.18 bits per heavy atom. The topological polar surface area (TPSA) is 81.4 Å². The van der Waals surface area contributed by atoms with Crippen LogP contribution >= 0.6 is 0 Å². The van der Waals surface area contributed by atoms with E-state index in [1.807, 2.05) is 13.8 Å². The van der Waals surface area contributed by atoms with Gasteiger partial charge in [-0.1, -0.05) is 6.92 Å². The maximum atomic E-state index is 11.3. The highest BCUT2D eigenvalue weighted by Crippen LogP contribution is 2.19. The minimum absolute atomic E-state index is 0.0433. The third-order valence-corrected chi connectivity index (χ3v) is 2.53. The molecule has 5 nitrogen and oxygen atoms in total. The summed E-state index contributed by atoms with van der Waals surface area (Å²) in [6, 6.07) is 0. The molecule has 0 radical (unpaired) electrons. The number of carbonyl (C=O) groups excluding carboxylic acids is 2. The summed E-state index contributed by atoms with van der Waals surface area (Å²) >= 11 is 0. The molecule has 0 spiro atoms. The molecule has 0 aromatic heterocycles. The van der Waals surface area contributed by atoms with Crippen LogP contribution < -0.4 is 11.1 Å². The molecular weight excluding hydrogens is 220 g/mol. The Balaban J connectivity index is 2.88. The average Bonchev–Trinajstić information content (AvgIpc) is 2.26. The lowest BCUT2D eigenvalue weighted by Crippen LogP contribution is -2.41. The second kappa shape index (κ2) is 5.63. The zero-order valence-electron chi connectivity index (χ0n) is 10.4. The van der Waals surface area contributed by atoms with Gasteiger partial charge in [0.1, 0.15) is 6.61 Å². The van der Waals surface area contributed by atoms with Crippen LogP contribution in [0.2, 0.25) is 0 Å². The van der Waals surface area contributed by atoms with Crippen molar-refractivity contribution in [3.63, 3.8) is 0 Å². The van der Waals surface area contributed by atoms with Gasteiger partial charge in [0.05, 0.1) is 5.57 Å². The van der Waals surface area contributed by atoms with E-state index < -0.39 is 12.1 Å². The highest BCUT2D eigenvalue weighted by atomic mass is 16.5. The van der Waals surface area contributed by atoms with E-state index in [9.17, 15) is 9.59 Å². The number of nitrogens with two attached hydrogens (primary N) is 1. The normalized spacial score (nSPS) is 19.7. The van der Waals surface area contributed by atoms with Crippen LogP contribution in [-0.2, 0) is 14.3 Å². The summed E-state index contributed by atoms with van der Waals surface area (Å²) in [7, 11) is 0. The molecule has 0 saturated carbocycles. The fraction of sp³-hybridized carbons (Fsp3) is 0.500. The third-order valence-electron chi connectivity index (χ3n) is 2.53. The lowest BCUT2D eigenvalue weighted by atomic mass is 10.0. The number of rotatable bonds is 5. The molecule has 1 aliphatic heterocycles. The van der Waals surface area contributed by atoms with Gasteiger partial charge in [-0.25, -0.2) is 0 Å². The summed E-state index contributed by atoms with van der Waals surface area (Å²) < 4.78 is 5.33. The largest absolute Gasteiger partial charge is 0.366 e. The molecule has 1 atom stereocenters. The number of allylic oxidation sites excluding steroid dienone is 3. The molecule has 0 fully saturated rings. The fourth-order valence-electron chi connectivity index (χ4n) is 1.66. The SMILES string of the molecule is CCC1=C(C)C=C(C(N)=O)[C@H](OCC(C)=O)N1. The quantitative estimate of drug-likeness (QED) is 0.735. The highest BCUT2D eigenvalue weighted by Gasteiger charge is 2.24. The zero-order chi connectivity index (χ0) is 13.0. The number of ether oxygens (including phenoxy) is 1. The molecule has 3 N–H and O–H groups in total. The van der Waals surface area contributed by atoms with E-state index in [4.69, 9.17) is 10.5 Å². The lowest BCUT2D eigenvalue weighted by molar-refractivity contribution is -0.125. The predicted molar refractivity (Wildman–Crippen MR) is 63.8 cm³/mol. The molecule has 94 valence electrons. The van der Waals surface area contributed by atoms with Crippen molar-refractivity contribution in [2.45, 2.75) is 33.4 Å². The van der Waals surface area contributed by atoms with Crippen molar-refractivity contribution < 1.29 is 14.3 Å². The molecule has 1 amide bonds. The first-order chi connectivity index (χ1) is 7.95. The molecule has 1 heterocycles. The Kier molecular flexibility index (Phi) is 4.45. The van der Waals surface area contributed by atoms with Crippen molar-refractivity contribution in [1.82, 2.24) is 5.32 Å². The van der Waals surface area contributed by atoms with E-state index in [1.165, 1.54) is 6.92 Å². The summed E-state index contributed by atoms with van der Waals surface area (Å²) in [5.41, 5.74) is 7.58. The van der Waals surface area contributed by atoms with Crippen molar-refractivity contribution in [3.8, 4) is 0 Å². The van der Waals surface area contributed by atoms with Crippen LogP contribution in [0, 0.1) is 0 Å². The van der Waals surface area contributed by atoms with Crippen LogP contribution in [0.1, 0.15) is 27.2 Å². The maximum Gasteiger partial charge on any atom is 0.249 e. The Hall–Kier alpha value is -1.62. The third kappa shape index (κ3) is 3.42. The predicted octanol–water partition coefficient (Wildman–Crippen LogP) is 0.617. The molecule has 0 bridgehead atoms. The van der Waals surface area contributed by atoms with Gasteiger partial charge >= 0.3 is 0 Å². The van der Waals surface area contributed by atoms with E-state index >= 15 is 0 Å². The van der Waals surface area contributed by atoms with Crippen molar-refractivity contribution in [1.29, 1.82) is 0 Å². The highest BCUT2D eigenvalue weighted by molar-refractivity contribution is 5.94. The number of ketones is 1. The van der Waals surface area contributed by atoms with Gasteiger partial charge in [-0.3, -0.25) is 9.59 Å². The minimum Gasteiger partial charge on any atom is -0.366 e. The number of carbonyl (C=O) groups is 2. The van der Waals surface area contributed by atoms with Gasteiger partial charge in [-0.05, 0) is 31.9 Å². The number of primary amides is 1. The monoisotopic (exact) mass is 238 g/mol. The van der Waals surface area contributed by atoms with Crippen LogP contribution in [0.25, 0.3) is 0 Å². The van der Waals surface area contributed by atoms with E-state index in [2.05, 4.69) is 5.32 Å². The molecule has 1 rings (SSSR count). The van der Waals surface area contributed by atoms with Crippen LogP contribution in [-0.4, -0.2) is 24.5 Å². The first-order valence-electron chi connectivity index (χ1n) is 5.54. The number of nitrogens with one attached hydrogen (secondary N) is 1. The summed E-state index contributed by atoms with van der Waals surface area (Å²) in [4.78, 5) is 22.2. The molecule has 0 unspecified atom stereocenters. The van der Waals surface area contributed by atoms with Crippen LogP contribution in [0.15, 0.2) is 22.9 Å². The summed E-state index contributed by atoms with van der Waals surface area (Å²) in [6.07, 6.45) is 1.88. The number of amides is 1. The average molecular weight is 238 g/mol. The summed E-state index contributed by atoms with van der Waals surface area (Å²) in [5.74, 6) is -0.638. The molecule has 5 heteroatoms. The Labute approximate surface area is 101 Å². The number of dihydropyridines is 1. The van der Waals surface area contributed by atoms with Gasteiger partial charge in [0.15, 0.2) is 12.0 Å². The first-order valence-corrected chi connectivity index (χ1v) is 5.54. The van der Waals surface area contributed by atoms with Crippen molar-refractivity contribution in [2.75, 3.05) is 6.61 Å². The molecular formula is C12H18N2O3. The van der Waals surface area contributed by atoms with Gasteiger partial charge in [-0.15, -0.1) is 0 Å². The second-order valence-electron chi connectivity index (χ2n) is 4.02. The number of hydrogen-bond donors (Lipinski definition) is 2. The molecule has 17 heavy (non-hydrogen) atoms. The van der Waals surface area contributed by atoms with Crippen LogP contribution in [0.5, 0.6) is 0 Å². The van der Waals surface area contributed by atoms with Gasteiger partial charge in [0, 0.05) is 5.70 Å². The molecule has 0 aromatic carbocycles. The van der Waals surface area contributed by atoms with Gasteiger partial charge in [0.25, 0.3) is 0 Å². The number of hydrogen-bond acceptors (Lipinski definition) is 4. The van der Waals surface area contributed by atoms with Gasteiger partial charge in [-0.2, -0.15) is 0 Å². The summed E-state index contributed by atoms with van der Waals surface area (Å²) in [5, 5.41) is 3.08. The lowest BCUT2D eigenvalue weighted by Gasteiger charge is -2.27. The van der Waals surface area contributed by atoms with Crippen LogP contribution in [0.4, 0.5) is 0 Å². The second-order valence-corrected chi connectivity index (χ2v) is 4.02. The Morgan fingerprint density at radius 3 is 2.65 bits per heavy atom. The maximum absolute atomic E-state index is 11.3. The smallest absolute Gasteiger partial charge is 0.249 e. The Bertz CT molecular complexity index is 397. The molecule has 0 aliphatic carbocycles. The number of Topliss-reactive ketones (excluding diaryl/α,β-unsaturated/α-hetero) is 1. The van der Waals surface area contributed by atoms with Crippen molar-refractivity contribution in [3.05, 3.63) is 22.9 Å². The zero-order valence-corrected chi connectivity index (χ0v) is 10.4. The van der Waals surface area contributed by atoms with E-state index in [-0.39, 0.29) is 12.4 Å². The standard InChI is InChI=1S/C12H18N2O3/c1-4-10-7(2)5-9(11(13)16)12(14-10)17-6-8(3)15/h5,12,14H,4,6H2,1-3H3,(H2,13,16)/t12-/m0/s1. The summed E-state index contributed by atoms with van der Waals surface area (Å²) in [6.45, 7) is 5.28. The van der Waals surface area contributed by atoms with Crippen LogP contribution in [0.3, 0.4) is 0 Å². The minimum atomic E-state index is -0.630. The molecule has 0 saturated heterocycles. The van der Waals surface area contributed by atoms with E-state index in [1.54, 1.807) is 6.08 Å². The van der Waals surface area contributed by atoms with Crippen molar-refractivity contribution in [2.24, 2.45) is 5.73 Å². The first kappa shape index (κ1) is 13.4. The van der Waals surface area contributed by atoms with Gasteiger partial charge < -0.3 is 15.8 Å².